The lowest BCUT2D eigenvalue weighted by atomic mass is 9.92. The van der Waals surface area contributed by atoms with E-state index in [-0.39, 0.29) is 17.0 Å². The lowest BCUT2D eigenvalue weighted by molar-refractivity contribution is -0.120. The van der Waals surface area contributed by atoms with Crippen molar-refractivity contribution in [1.29, 1.82) is 0 Å². The zero-order valence-corrected chi connectivity index (χ0v) is 23.0. The molecule has 2 amide bonds. The number of allylic oxidation sites excluding steroid dienone is 4. The summed E-state index contributed by atoms with van der Waals surface area (Å²) in [5.41, 5.74) is 1.37. The van der Waals surface area contributed by atoms with E-state index in [1.807, 2.05) is 0 Å². The monoisotopic (exact) mass is 541 g/mol. The number of alkyl carbamates (subject to hydrolysis) is 1. The molecule has 2 aliphatic rings. The molecule has 10 nitrogen and oxygen atoms in total. The number of aliphatic hydroxyl groups is 1. The molecule has 1 aliphatic carbocycles. The van der Waals surface area contributed by atoms with Crippen molar-refractivity contribution >= 4 is 23.6 Å². The molecule has 2 unspecified atom stereocenters. The van der Waals surface area contributed by atoms with Gasteiger partial charge in [0.15, 0.2) is 6.10 Å². The zero-order valence-electron chi connectivity index (χ0n) is 23.0. The second kappa shape index (κ2) is 15.6. The second-order valence-electron chi connectivity index (χ2n) is 9.32. The molecule has 4 N–H and O–H groups in total. The summed E-state index contributed by atoms with van der Waals surface area (Å²) in [6.07, 6.45) is 8.76. The average Bonchev–Trinajstić information content (AvgIpc) is 2.91. The average molecular weight is 542 g/mol. The van der Waals surface area contributed by atoms with Gasteiger partial charge in [-0.15, -0.1) is 6.58 Å². The van der Waals surface area contributed by atoms with Crippen molar-refractivity contribution in [1.82, 2.24) is 16.0 Å². The van der Waals surface area contributed by atoms with Crippen LogP contribution < -0.4 is 16.0 Å². The third-order valence-corrected chi connectivity index (χ3v) is 6.40. The predicted octanol–water partition coefficient (Wildman–Crippen LogP) is 2.68. The molecule has 1 aliphatic heterocycles. The first-order valence-electron chi connectivity index (χ1n) is 12.9. The SMILES string of the molecule is C=CCNC1=C2CCCCC(O)C/C=C(\C)C(OC(=O)NC)[C@@H](OC)/C=C\C=C(/C)C(=O)NC(=CC1=O)C2=O. The van der Waals surface area contributed by atoms with E-state index in [0.717, 1.165) is 6.08 Å². The summed E-state index contributed by atoms with van der Waals surface area (Å²) >= 11 is 0. The number of ketones is 2. The van der Waals surface area contributed by atoms with Gasteiger partial charge in [-0.2, -0.15) is 0 Å². The van der Waals surface area contributed by atoms with E-state index in [4.69, 9.17) is 9.47 Å². The first-order chi connectivity index (χ1) is 18.6. The number of hydrogen-bond acceptors (Lipinski definition) is 8. The van der Waals surface area contributed by atoms with Crippen molar-refractivity contribution in [2.45, 2.75) is 64.3 Å². The minimum absolute atomic E-state index is 0.0903. The van der Waals surface area contributed by atoms with Gasteiger partial charge in [0.2, 0.25) is 11.6 Å². The third-order valence-electron chi connectivity index (χ3n) is 6.40. The Morgan fingerprint density at radius 2 is 2.00 bits per heavy atom. The van der Waals surface area contributed by atoms with Crippen LogP contribution in [0.25, 0.3) is 0 Å². The summed E-state index contributed by atoms with van der Waals surface area (Å²) in [7, 11) is 2.92. The van der Waals surface area contributed by atoms with Gasteiger partial charge in [0.25, 0.3) is 5.91 Å². The van der Waals surface area contributed by atoms with Gasteiger partial charge in [-0.05, 0) is 45.1 Å². The summed E-state index contributed by atoms with van der Waals surface area (Å²) in [5, 5.41) is 18.5. The molecule has 0 saturated carbocycles. The molecular weight excluding hydrogens is 502 g/mol. The van der Waals surface area contributed by atoms with Crippen LogP contribution in [-0.4, -0.2) is 67.7 Å². The number of nitrogens with one attached hydrogen (secondary N) is 3. The summed E-state index contributed by atoms with van der Waals surface area (Å²) in [6, 6.07) is 0. The van der Waals surface area contributed by atoms with Gasteiger partial charge in [-0.1, -0.05) is 36.8 Å². The largest absolute Gasteiger partial charge is 0.439 e. The maximum Gasteiger partial charge on any atom is 0.407 e. The molecule has 10 heteroatoms. The van der Waals surface area contributed by atoms with Crippen LogP contribution in [0.2, 0.25) is 0 Å². The van der Waals surface area contributed by atoms with Gasteiger partial charge in [0.05, 0.1) is 17.5 Å². The van der Waals surface area contributed by atoms with Crippen molar-refractivity contribution in [3.63, 3.8) is 0 Å². The standard InChI is InChI=1S/C29H39N3O7/c1-6-16-31-25-21-12-8-7-11-20(33)15-14-18(2)27(39-29(37)30-4)24(38-5)13-9-10-19(3)28(36)32-22(26(21)35)17-23(25)34/h6,9-10,13-14,17,20,24,27,31,33H,1,7-8,11-12,15-16H2,2-5H3,(H,30,37)(H,32,36)/b13-9-,18-14+,19-10+/t20?,24-,27?/m0/s1. The molecular formula is C29H39N3O7. The Labute approximate surface area is 229 Å². The Bertz CT molecular complexity index is 1110. The molecule has 0 aromatic heterocycles. The van der Waals surface area contributed by atoms with E-state index in [1.54, 1.807) is 38.2 Å². The maximum absolute atomic E-state index is 13.3. The molecule has 2 rings (SSSR count). The maximum atomic E-state index is 13.3. The lowest BCUT2D eigenvalue weighted by Crippen LogP contribution is -2.36. The minimum Gasteiger partial charge on any atom is -0.439 e. The van der Waals surface area contributed by atoms with Crippen molar-refractivity contribution in [2.75, 3.05) is 20.7 Å². The van der Waals surface area contributed by atoms with Crippen LogP contribution in [0.3, 0.4) is 0 Å². The van der Waals surface area contributed by atoms with Crippen LogP contribution in [0.4, 0.5) is 4.79 Å². The molecule has 0 spiro atoms. The number of rotatable bonds is 5. The minimum atomic E-state index is -0.774. The number of ether oxygens (including phenoxy) is 2. The Hall–Kier alpha value is -3.76. The first-order valence-corrected chi connectivity index (χ1v) is 12.9. The molecule has 0 radical (unpaired) electrons. The highest BCUT2D eigenvalue weighted by molar-refractivity contribution is 6.23. The van der Waals surface area contributed by atoms with E-state index in [1.165, 1.54) is 20.2 Å². The molecule has 39 heavy (non-hydrogen) atoms. The topological polar surface area (TPSA) is 143 Å². The highest BCUT2D eigenvalue weighted by Crippen LogP contribution is 2.23. The lowest BCUT2D eigenvalue weighted by Gasteiger charge is -2.25. The van der Waals surface area contributed by atoms with E-state index >= 15 is 0 Å². The molecule has 212 valence electrons. The van der Waals surface area contributed by atoms with E-state index in [9.17, 15) is 24.3 Å². The summed E-state index contributed by atoms with van der Waals surface area (Å²) in [6.45, 7) is 7.30. The highest BCUT2D eigenvalue weighted by Gasteiger charge is 2.29. The van der Waals surface area contributed by atoms with Crippen LogP contribution >= 0.6 is 0 Å². The fraction of sp³-hybridized carbons (Fsp3) is 0.448. The normalized spacial score (nSPS) is 27.3. The van der Waals surface area contributed by atoms with Crippen LogP contribution in [0.5, 0.6) is 0 Å². The van der Waals surface area contributed by atoms with Crippen LogP contribution in [0.15, 0.2) is 71.1 Å². The molecule has 2 bridgehead atoms. The Morgan fingerprint density at radius 1 is 1.26 bits per heavy atom. The Kier molecular flexibility index (Phi) is 12.6. The van der Waals surface area contributed by atoms with Crippen molar-refractivity contribution in [2.24, 2.45) is 0 Å². The van der Waals surface area contributed by atoms with Gasteiger partial charge in [0.1, 0.15) is 6.10 Å². The van der Waals surface area contributed by atoms with Gasteiger partial charge in [-0.25, -0.2) is 4.79 Å². The predicted molar refractivity (Wildman–Crippen MR) is 147 cm³/mol. The number of amides is 2. The fourth-order valence-electron chi connectivity index (χ4n) is 4.13. The number of hydrogen-bond donors (Lipinski definition) is 4. The molecule has 0 aromatic rings. The number of carbonyl (C=O) groups excluding carboxylic acids is 4. The van der Waals surface area contributed by atoms with E-state index in [0.29, 0.717) is 49.8 Å². The van der Waals surface area contributed by atoms with E-state index in [2.05, 4.69) is 22.5 Å². The summed E-state index contributed by atoms with van der Waals surface area (Å²) in [5.74, 6) is -1.37. The fourth-order valence-corrected chi connectivity index (χ4v) is 4.13. The van der Waals surface area contributed by atoms with E-state index < -0.39 is 41.9 Å². The first kappa shape index (κ1) is 31.5. The molecule has 0 saturated heterocycles. The number of carbonyl (C=O) groups is 4. The van der Waals surface area contributed by atoms with Crippen molar-refractivity contribution in [3.8, 4) is 0 Å². The quantitative estimate of drug-likeness (QED) is 0.307. The number of fused-ring (bicyclic) bond motifs is 2. The zero-order chi connectivity index (χ0) is 28.9. The third kappa shape index (κ3) is 9.19. The summed E-state index contributed by atoms with van der Waals surface area (Å²) in [4.78, 5) is 50.9. The second-order valence-corrected chi connectivity index (χ2v) is 9.32. The number of methoxy groups -OCH3 is 1. The highest BCUT2D eigenvalue weighted by atomic mass is 16.6. The number of Topliss-reactive ketones (excluding diaryl/α,β-unsaturated/α-hetero) is 1. The van der Waals surface area contributed by atoms with Gasteiger partial charge < -0.3 is 30.5 Å². The van der Waals surface area contributed by atoms with Crippen molar-refractivity contribution in [3.05, 3.63) is 71.1 Å². The van der Waals surface area contributed by atoms with Gasteiger partial charge in [0, 0.05) is 37.9 Å². The summed E-state index contributed by atoms with van der Waals surface area (Å²) < 4.78 is 11.1. The number of aliphatic hydroxyl groups excluding tert-OH is 1. The Morgan fingerprint density at radius 3 is 2.67 bits per heavy atom. The molecule has 0 fully saturated rings. The smallest absolute Gasteiger partial charge is 0.407 e. The van der Waals surface area contributed by atoms with Gasteiger partial charge >= 0.3 is 6.09 Å². The van der Waals surface area contributed by atoms with Gasteiger partial charge in [-0.3, -0.25) is 14.4 Å². The molecule has 3 atom stereocenters. The van der Waals surface area contributed by atoms with Crippen molar-refractivity contribution < 1.29 is 33.8 Å². The Balaban J connectivity index is 2.43. The molecule has 1 heterocycles. The van der Waals surface area contributed by atoms with Crippen LogP contribution in [-0.2, 0) is 23.9 Å². The van der Waals surface area contributed by atoms with Crippen LogP contribution in [0, 0.1) is 0 Å². The molecule has 0 aromatic carbocycles. The van der Waals surface area contributed by atoms with Crippen LogP contribution in [0.1, 0.15) is 46.0 Å².